The van der Waals surface area contributed by atoms with E-state index in [1.54, 1.807) is 12.1 Å². The topological polar surface area (TPSA) is 29.1 Å². The van der Waals surface area contributed by atoms with Gasteiger partial charge in [-0.05, 0) is 52.7 Å². The van der Waals surface area contributed by atoms with E-state index >= 15 is 0 Å². The molecule has 1 fully saturated rings. The highest BCUT2D eigenvalue weighted by atomic mass is 79.9. The lowest BCUT2D eigenvalue weighted by Crippen LogP contribution is -2.31. The van der Waals surface area contributed by atoms with Crippen LogP contribution in [0.2, 0.25) is 0 Å². The van der Waals surface area contributed by atoms with Gasteiger partial charge in [-0.2, -0.15) is 0 Å². The molecule has 2 atom stereocenters. The zero-order valence-electron chi connectivity index (χ0n) is 10.5. The Morgan fingerprint density at radius 1 is 1.37 bits per heavy atom. The van der Waals surface area contributed by atoms with Crippen LogP contribution in [0, 0.1) is 17.7 Å². The van der Waals surface area contributed by atoms with E-state index < -0.39 is 5.82 Å². The summed E-state index contributed by atoms with van der Waals surface area (Å²) in [6.45, 7) is 0.665. The zero-order valence-corrected chi connectivity index (χ0v) is 13.6. The molecule has 1 aliphatic carbocycles. The van der Waals surface area contributed by atoms with Crippen LogP contribution < -0.4 is 5.32 Å². The molecule has 1 N–H and O–H groups in total. The number of hydrogen-bond acceptors (Lipinski definition) is 1. The van der Waals surface area contributed by atoms with Crippen molar-refractivity contribution >= 4 is 37.8 Å². The second kappa shape index (κ2) is 6.84. The molecule has 2 unspecified atom stereocenters. The van der Waals surface area contributed by atoms with Gasteiger partial charge in [0.15, 0.2) is 0 Å². The van der Waals surface area contributed by atoms with Crippen molar-refractivity contribution in [3.05, 3.63) is 34.1 Å². The summed E-state index contributed by atoms with van der Waals surface area (Å²) in [4.78, 5) is 12.0. The highest BCUT2D eigenvalue weighted by molar-refractivity contribution is 9.10. The Morgan fingerprint density at radius 3 is 2.84 bits per heavy atom. The number of rotatable bonds is 4. The van der Waals surface area contributed by atoms with Crippen LogP contribution in [-0.2, 0) is 0 Å². The van der Waals surface area contributed by atoms with Gasteiger partial charge in [-0.15, -0.1) is 0 Å². The second-order valence-electron chi connectivity index (χ2n) is 4.92. The molecule has 0 aliphatic heterocycles. The summed E-state index contributed by atoms with van der Waals surface area (Å²) in [5.41, 5.74) is 0.355. The van der Waals surface area contributed by atoms with E-state index in [0.717, 1.165) is 11.8 Å². The van der Waals surface area contributed by atoms with Crippen molar-refractivity contribution in [2.45, 2.75) is 19.3 Å². The lowest BCUT2D eigenvalue weighted by atomic mass is 9.98. The number of amides is 1. The number of carbonyl (C=O) groups excluding carboxylic acids is 1. The van der Waals surface area contributed by atoms with E-state index in [2.05, 4.69) is 37.2 Å². The molecule has 1 amide bonds. The number of benzene rings is 1. The van der Waals surface area contributed by atoms with Crippen LogP contribution in [-0.4, -0.2) is 17.8 Å². The third-order valence-electron chi connectivity index (χ3n) is 3.74. The van der Waals surface area contributed by atoms with Gasteiger partial charge < -0.3 is 5.32 Å². The van der Waals surface area contributed by atoms with Crippen LogP contribution in [0.25, 0.3) is 0 Å². The van der Waals surface area contributed by atoms with Crippen molar-refractivity contribution in [1.29, 1.82) is 0 Å². The Kier molecular flexibility index (Phi) is 5.39. The monoisotopic (exact) mass is 391 g/mol. The van der Waals surface area contributed by atoms with E-state index in [1.807, 2.05) is 0 Å². The second-order valence-corrected chi connectivity index (χ2v) is 6.36. The van der Waals surface area contributed by atoms with E-state index in [0.29, 0.717) is 23.9 Å². The van der Waals surface area contributed by atoms with Crippen molar-refractivity contribution in [3.63, 3.8) is 0 Å². The third kappa shape index (κ3) is 3.57. The van der Waals surface area contributed by atoms with Gasteiger partial charge in [0.25, 0.3) is 5.91 Å². The van der Waals surface area contributed by atoms with Crippen LogP contribution in [0.1, 0.15) is 29.6 Å². The van der Waals surface area contributed by atoms with Gasteiger partial charge in [0.05, 0.1) is 10.0 Å². The van der Waals surface area contributed by atoms with Crippen LogP contribution in [0.15, 0.2) is 22.7 Å². The molecule has 2 rings (SSSR count). The molecule has 0 radical (unpaired) electrons. The molecular weight excluding hydrogens is 377 g/mol. The van der Waals surface area contributed by atoms with E-state index in [-0.39, 0.29) is 10.4 Å². The predicted octanol–water partition coefficient (Wildman–Crippen LogP) is 4.13. The average molecular weight is 393 g/mol. The largest absolute Gasteiger partial charge is 0.352 e. The first-order chi connectivity index (χ1) is 9.13. The molecule has 1 saturated carbocycles. The minimum atomic E-state index is -0.410. The van der Waals surface area contributed by atoms with Crippen LogP contribution in [0.5, 0.6) is 0 Å². The Bertz CT molecular complexity index is 467. The molecule has 2 nitrogen and oxygen atoms in total. The predicted molar refractivity (Wildman–Crippen MR) is 81.1 cm³/mol. The molecule has 0 heterocycles. The molecule has 0 bridgehead atoms. The fourth-order valence-corrected chi connectivity index (χ4v) is 3.88. The van der Waals surface area contributed by atoms with Gasteiger partial charge in [0.2, 0.25) is 0 Å². The Morgan fingerprint density at radius 2 is 2.11 bits per heavy atom. The minimum Gasteiger partial charge on any atom is -0.352 e. The first kappa shape index (κ1) is 15.0. The molecule has 0 saturated heterocycles. The fourth-order valence-electron chi connectivity index (χ4n) is 2.58. The molecule has 104 valence electrons. The van der Waals surface area contributed by atoms with Gasteiger partial charge in [-0.25, -0.2) is 4.39 Å². The van der Waals surface area contributed by atoms with E-state index in [1.165, 1.54) is 18.9 Å². The summed E-state index contributed by atoms with van der Waals surface area (Å²) in [6, 6.07) is 4.50. The maximum absolute atomic E-state index is 13.4. The van der Waals surface area contributed by atoms with Gasteiger partial charge >= 0.3 is 0 Å². The van der Waals surface area contributed by atoms with Crippen molar-refractivity contribution in [1.82, 2.24) is 5.32 Å². The number of hydrogen-bond donors (Lipinski definition) is 1. The summed E-state index contributed by atoms with van der Waals surface area (Å²) in [5, 5.41) is 3.90. The van der Waals surface area contributed by atoms with Crippen LogP contribution >= 0.6 is 31.9 Å². The van der Waals surface area contributed by atoms with Crippen molar-refractivity contribution in [3.8, 4) is 0 Å². The van der Waals surface area contributed by atoms with Gasteiger partial charge in [-0.1, -0.05) is 28.4 Å². The molecule has 0 spiro atoms. The number of alkyl halides is 1. The highest BCUT2D eigenvalue weighted by Gasteiger charge is 2.26. The van der Waals surface area contributed by atoms with Crippen molar-refractivity contribution in [2.75, 3.05) is 11.9 Å². The molecule has 1 aromatic carbocycles. The van der Waals surface area contributed by atoms with Gasteiger partial charge in [0, 0.05) is 11.9 Å². The van der Waals surface area contributed by atoms with Crippen molar-refractivity contribution in [2.24, 2.45) is 11.8 Å². The Balaban J connectivity index is 1.96. The lowest BCUT2D eigenvalue weighted by Gasteiger charge is -2.18. The van der Waals surface area contributed by atoms with Crippen LogP contribution in [0.3, 0.4) is 0 Å². The number of carbonyl (C=O) groups is 1. The summed E-state index contributed by atoms with van der Waals surface area (Å²) < 4.78 is 13.6. The number of nitrogens with one attached hydrogen (secondary N) is 1. The molecule has 19 heavy (non-hydrogen) atoms. The maximum atomic E-state index is 13.4. The smallest absolute Gasteiger partial charge is 0.252 e. The van der Waals surface area contributed by atoms with Crippen molar-refractivity contribution < 1.29 is 9.18 Å². The van der Waals surface area contributed by atoms with Gasteiger partial charge in [0.1, 0.15) is 5.82 Å². The first-order valence-electron chi connectivity index (χ1n) is 6.41. The fraction of sp³-hybridized carbons (Fsp3) is 0.500. The quantitative estimate of drug-likeness (QED) is 0.767. The molecule has 1 aromatic rings. The summed E-state index contributed by atoms with van der Waals surface area (Å²) in [5.74, 6) is 0.533. The van der Waals surface area contributed by atoms with E-state index in [4.69, 9.17) is 0 Å². The SMILES string of the molecule is O=C(NCC1CCCC1CBr)c1cccc(F)c1Br. The number of halogens is 3. The standard InChI is InChI=1S/C14H16Br2FNO/c15-7-9-3-1-4-10(9)8-18-14(19)11-5-2-6-12(17)13(11)16/h2,5-6,9-10H,1,3-4,7-8H2,(H,18,19). The third-order valence-corrected chi connectivity index (χ3v) is 5.37. The first-order valence-corrected chi connectivity index (χ1v) is 8.33. The Labute approximate surface area is 129 Å². The average Bonchev–Trinajstić information content (AvgIpc) is 2.86. The Hall–Kier alpha value is -0.420. The summed E-state index contributed by atoms with van der Waals surface area (Å²) in [6.07, 6.45) is 3.59. The molecule has 1 aliphatic rings. The molecular formula is C14H16Br2FNO. The molecule has 5 heteroatoms. The summed E-state index contributed by atoms with van der Waals surface area (Å²) in [7, 11) is 0. The zero-order chi connectivity index (χ0) is 13.8. The van der Waals surface area contributed by atoms with Gasteiger partial charge in [-0.3, -0.25) is 4.79 Å². The highest BCUT2D eigenvalue weighted by Crippen LogP contribution is 2.32. The maximum Gasteiger partial charge on any atom is 0.252 e. The van der Waals surface area contributed by atoms with E-state index in [9.17, 15) is 9.18 Å². The lowest BCUT2D eigenvalue weighted by molar-refractivity contribution is 0.0943. The normalized spacial score (nSPS) is 22.5. The minimum absolute atomic E-state index is 0.216. The van der Waals surface area contributed by atoms with Crippen LogP contribution in [0.4, 0.5) is 4.39 Å². The summed E-state index contributed by atoms with van der Waals surface area (Å²) >= 11 is 6.64. The molecule has 0 aromatic heterocycles.